The molecule has 0 fully saturated rings. The lowest BCUT2D eigenvalue weighted by Gasteiger charge is -2.28. The first-order chi connectivity index (χ1) is 9.34. The lowest BCUT2D eigenvalue weighted by Crippen LogP contribution is -2.41. The molecule has 0 aliphatic heterocycles. The Morgan fingerprint density at radius 1 is 1.33 bits per heavy atom. The minimum atomic E-state index is -4.30. The first-order valence-corrected chi connectivity index (χ1v) is 8.77. The molecular formula is C13H16Cl2FNO3S. The zero-order chi connectivity index (χ0) is 16.6. The number of amides is 1. The molecule has 118 valence electrons. The smallest absolute Gasteiger partial charge is 0.264 e. The van der Waals surface area contributed by atoms with Gasteiger partial charge < -0.3 is 5.32 Å². The quantitative estimate of drug-likeness (QED) is 0.843. The molecule has 1 aromatic rings. The molecule has 1 unspecified atom stereocenters. The monoisotopic (exact) mass is 355 g/mol. The molecule has 8 heteroatoms. The maximum absolute atomic E-state index is 13.6. The van der Waals surface area contributed by atoms with Gasteiger partial charge >= 0.3 is 0 Å². The zero-order valence-corrected chi connectivity index (χ0v) is 14.3. The summed E-state index contributed by atoms with van der Waals surface area (Å²) in [4.78, 5) is 11.4. The normalized spacial score (nSPS) is 13.9. The van der Waals surface area contributed by atoms with Crippen molar-refractivity contribution in [1.82, 2.24) is 5.32 Å². The fourth-order valence-electron chi connectivity index (χ4n) is 1.38. The van der Waals surface area contributed by atoms with Crippen molar-refractivity contribution in [1.29, 1.82) is 0 Å². The minimum Gasteiger partial charge on any atom is -0.349 e. The van der Waals surface area contributed by atoms with E-state index in [1.807, 2.05) is 20.8 Å². The molecule has 1 rings (SSSR count). The minimum absolute atomic E-state index is 0.145. The molecule has 0 spiro atoms. The summed E-state index contributed by atoms with van der Waals surface area (Å²) in [5.74, 6) is -1.69. The highest BCUT2D eigenvalue weighted by Crippen LogP contribution is 2.27. The van der Waals surface area contributed by atoms with Crippen molar-refractivity contribution in [3.63, 3.8) is 0 Å². The predicted octanol–water partition coefficient (Wildman–Crippen LogP) is 3.57. The summed E-state index contributed by atoms with van der Waals surface area (Å²) in [6, 6.07) is 1.39. The second kappa shape index (κ2) is 6.10. The Morgan fingerprint density at radius 3 is 2.29 bits per heavy atom. The van der Waals surface area contributed by atoms with Crippen LogP contribution in [0.15, 0.2) is 17.0 Å². The van der Waals surface area contributed by atoms with E-state index in [1.54, 1.807) is 6.92 Å². The average molecular weight is 356 g/mol. The molecule has 1 aromatic carbocycles. The first kappa shape index (κ1) is 18.2. The van der Waals surface area contributed by atoms with Gasteiger partial charge in [0.2, 0.25) is 0 Å². The molecule has 4 nitrogen and oxygen atoms in total. The van der Waals surface area contributed by atoms with Crippen LogP contribution in [-0.2, 0) is 9.05 Å². The highest BCUT2D eigenvalue weighted by atomic mass is 35.7. The van der Waals surface area contributed by atoms with E-state index < -0.39 is 25.7 Å². The third-order valence-electron chi connectivity index (χ3n) is 3.18. The third kappa shape index (κ3) is 4.56. The molecule has 1 amide bonds. The van der Waals surface area contributed by atoms with Crippen LogP contribution in [0.4, 0.5) is 4.39 Å². The summed E-state index contributed by atoms with van der Waals surface area (Å²) in [6.45, 7) is 7.59. The number of rotatable bonds is 3. The van der Waals surface area contributed by atoms with Crippen LogP contribution in [0.5, 0.6) is 0 Å². The van der Waals surface area contributed by atoms with Crippen molar-refractivity contribution >= 4 is 37.2 Å². The summed E-state index contributed by atoms with van der Waals surface area (Å²) < 4.78 is 36.1. The summed E-state index contributed by atoms with van der Waals surface area (Å²) in [7, 11) is 0.824. The number of carbonyl (C=O) groups is 1. The van der Waals surface area contributed by atoms with Gasteiger partial charge in [-0.05, 0) is 24.5 Å². The molecule has 0 aliphatic rings. The second-order valence-corrected chi connectivity index (χ2v) is 8.70. The molecule has 1 atom stereocenters. The van der Waals surface area contributed by atoms with Gasteiger partial charge in [-0.25, -0.2) is 12.8 Å². The first-order valence-electron chi connectivity index (χ1n) is 6.08. The Labute approximate surface area is 133 Å². The number of benzene rings is 1. The molecule has 0 aromatic heterocycles. The summed E-state index contributed by atoms with van der Waals surface area (Å²) in [5.41, 5.74) is -0.350. The van der Waals surface area contributed by atoms with Crippen LogP contribution in [0.2, 0.25) is 5.02 Å². The van der Waals surface area contributed by atoms with Gasteiger partial charge in [0, 0.05) is 16.7 Å². The van der Waals surface area contributed by atoms with Crippen molar-refractivity contribution in [2.75, 3.05) is 0 Å². The van der Waals surface area contributed by atoms with E-state index in [1.165, 1.54) is 0 Å². The van der Waals surface area contributed by atoms with E-state index in [2.05, 4.69) is 5.32 Å². The summed E-state index contributed by atoms with van der Waals surface area (Å²) in [5, 5.41) is 2.51. The van der Waals surface area contributed by atoms with Crippen molar-refractivity contribution in [3.05, 3.63) is 28.5 Å². The van der Waals surface area contributed by atoms with Gasteiger partial charge in [-0.2, -0.15) is 0 Å². The van der Waals surface area contributed by atoms with Crippen LogP contribution >= 0.6 is 22.3 Å². The second-order valence-electron chi connectivity index (χ2n) is 5.76. The highest BCUT2D eigenvalue weighted by molar-refractivity contribution is 8.13. The van der Waals surface area contributed by atoms with Crippen LogP contribution in [0.25, 0.3) is 0 Å². The van der Waals surface area contributed by atoms with Gasteiger partial charge in [0.1, 0.15) is 10.7 Å². The van der Waals surface area contributed by atoms with Gasteiger partial charge in [-0.3, -0.25) is 4.79 Å². The summed E-state index contributed by atoms with van der Waals surface area (Å²) >= 11 is 5.81. The Kier molecular flexibility index (Phi) is 5.29. The number of halogens is 3. The fourth-order valence-corrected chi connectivity index (χ4v) is 2.52. The SMILES string of the molecule is CC(NC(=O)c1cc(S(=O)(=O)Cl)c(F)cc1Cl)C(C)(C)C. The largest absolute Gasteiger partial charge is 0.349 e. The van der Waals surface area contributed by atoms with Crippen LogP contribution in [0.3, 0.4) is 0 Å². The Bertz CT molecular complexity index is 669. The van der Waals surface area contributed by atoms with E-state index in [4.69, 9.17) is 22.3 Å². The zero-order valence-electron chi connectivity index (χ0n) is 12.0. The lowest BCUT2D eigenvalue weighted by molar-refractivity contribution is 0.0910. The van der Waals surface area contributed by atoms with Crippen LogP contribution < -0.4 is 5.32 Å². The molecule has 0 heterocycles. The number of nitrogens with one attached hydrogen (secondary N) is 1. The average Bonchev–Trinajstić information content (AvgIpc) is 2.25. The van der Waals surface area contributed by atoms with E-state index in [0.717, 1.165) is 12.1 Å². The standard InChI is InChI=1S/C13H16Cl2FNO3S/c1-7(13(2,3)4)17-12(18)8-5-11(21(15,19)20)10(16)6-9(8)14/h5-7H,1-4H3,(H,17,18). The van der Waals surface area contributed by atoms with Crippen molar-refractivity contribution in [2.45, 2.75) is 38.6 Å². The maximum atomic E-state index is 13.6. The van der Waals surface area contributed by atoms with Gasteiger partial charge in [-0.1, -0.05) is 32.4 Å². The van der Waals surface area contributed by atoms with E-state index in [9.17, 15) is 17.6 Å². The number of hydrogen-bond acceptors (Lipinski definition) is 3. The Balaban J connectivity index is 3.23. The van der Waals surface area contributed by atoms with Gasteiger partial charge in [0.15, 0.2) is 0 Å². The van der Waals surface area contributed by atoms with Gasteiger partial charge in [0.25, 0.3) is 15.0 Å². The predicted molar refractivity (Wildman–Crippen MR) is 80.8 cm³/mol. The van der Waals surface area contributed by atoms with Gasteiger partial charge in [-0.15, -0.1) is 0 Å². The molecule has 0 bridgehead atoms. The molecule has 0 saturated heterocycles. The van der Waals surface area contributed by atoms with E-state index in [-0.39, 0.29) is 22.0 Å². The molecule has 21 heavy (non-hydrogen) atoms. The van der Waals surface area contributed by atoms with Gasteiger partial charge in [0.05, 0.1) is 10.6 Å². The molecule has 1 N–H and O–H groups in total. The summed E-state index contributed by atoms with van der Waals surface area (Å²) in [6.07, 6.45) is 0. The van der Waals surface area contributed by atoms with Crippen LogP contribution in [0, 0.1) is 11.2 Å². The van der Waals surface area contributed by atoms with Crippen molar-refractivity contribution < 1.29 is 17.6 Å². The van der Waals surface area contributed by atoms with E-state index >= 15 is 0 Å². The third-order valence-corrected chi connectivity index (χ3v) is 4.83. The molecule has 0 radical (unpaired) electrons. The number of hydrogen-bond donors (Lipinski definition) is 1. The molecular weight excluding hydrogens is 340 g/mol. The van der Waals surface area contributed by atoms with Crippen LogP contribution in [0.1, 0.15) is 38.1 Å². The van der Waals surface area contributed by atoms with Crippen LogP contribution in [-0.4, -0.2) is 20.4 Å². The Hall–Kier alpha value is -0.850. The lowest BCUT2D eigenvalue weighted by atomic mass is 9.88. The highest BCUT2D eigenvalue weighted by Gasteiger charge is 2.25. The van der Waals surface area contributed by atoms with E-state index in [0.29, 0.717) is 0 Å². The fraction of sp³-hybridized carbons (Fsp3) is 0.462. The topological polar surface area (TPSA) is 63.2 Å². The Morgan fingerprint density at radius 2 is 1.86 bits per heavy atom. The van der Waals surface area contributed by atoms with Crippen molar-refractivity contribution in [3.8, 4) is 0 Å². The number of carbonyl (C=O) groups excluding carboxylic acids is 1. The molecule has 0 aliphatic carbocycles. The molecule has 0 saturated carbocycles. The maximum Gasteiger partial charge on any atom is 0.264 e. The van der Waals surface area contributed by atoms with Crippen molar-refractivity contribution in [2.24, 2.45) is 5.41 Å².